The van der Waals surface area contributed by atoms with Gasteiger partial charge in [0, 0.05) is 12.8 Å². The number of aliphatic hydroxyl groups is 2. The largest absolute Gasteiger partial charge is 0.466 e. The van der Waals surface area contributed by atoms with E-state index in [9.17, 15) is 19.8 Å². The fourth-order valence-corrected chi connectivity index (χ4v) is 11.3. The number of aliphatic hydroxyl groups excluding tert-OH is 2. The lowest BCUT2D eigenvalue weighted by Crippen LogP contribution is -2.45. The molecule has 2 atom stereocenters. The predicted octanol–water partition coefficient (Wildman–Crippen LogP) is 22.9. The number of allylic oxidation sites excluding steroid dienone is 4. The van der Waals surface area contributed by atoms with Crippen LogP contribution in [-0.4, -0.2) is 47.4 Å². The monoisotopic (exact) mass is 1100 g/mol. The van der Waals surface area contributed by atoms with Gasteiger partial charge in [0.05, 0.1) is 25.4 Å². The van der Waals surface area contributed by atoms with Crippen molar-refractivity contribution in [1.82, 2.24) is 5.32 Å². The highest BCUT2D eigenvalue weighted by Gasteiger charge is 2.20. The number of hydrogen-bond acceptors (Lipinski definition) is 5. The van der Waals surface area contributed by atoms with Crippen molar-refractivity contribution < 1.29 is 24.5 Å². The molecule has 0 bridgehead atoms. The van der Waals surface area contributed by atoms with Crippen LogP contribution >= 0.6 is 0 Å². The number of nitrogens with one attached hydrogen (secondary N) is 1. The van der Waals surface area contributed by atoms with Gasteiger partial charge in [-0.05, 0) is 77.0 Å². The third kappa shape index (κ3) is 63.5. The van der Waals surface area contributed by atoms with E-state index >= 15 is 0 Å². The van der Waals surface area contributed by atoms with Crippen LogP contribution in [0.2, 0.25) is 0 Å². The first-order valence-corrected chi connectivity index (χ1v) is 35.6. The van der Waals surface area contributed by atoms with Crippen molar-refractivity contribution in [3.63, 3.8) is 0 Å². The minimum absolute atomic E-state index is 0.00845. The van der Waals surface area contributed by atoms with Crippen LogP contribution in [0.1, 0.15) is 399 Å². The number of carbonyl (C=O) groups is 2. The molecule has 462 valence electrons. The molecule has 0 aliphatic heterocycles. The smallest absolute Gasteiger partial charge is 0.305 e. The summed E-state index contributed by atoms with van der Waals surface area (Å²) in [5.41, 5.74) is 0. The standard InChI is InChI=1S/C72H139NO5/c1-3-5-7-9-11-13-15-17-18-19-34-37-41-44-48-52-56-60-64-70(75)69(68-74)73-71(76)65-61-57-53-49-45-42-38-35-32-30-28-26-24-22-20-21-23-25-27-29-31-33-36-39-43-47-51-55-59-63-67-78-72(77)66-62-58-54-50-46-40-16-14-12-10-8-6-4-2/h14,16,21,23,69-70,74-75H,3-13,15,17-20,22,24-68H2,1-2H3,(H,73,76)/b16-14-,23-21-. The Morgan fingerprint density at radius 2 is 0.603 bits per heavy atom. The maximum atomic E-state index is 12.5. The quantitative estimate of drug-likeness (QED) is 0.0320. The molecule has 0 aromatic rings. The molecule has 0 spiro atoms. The van der Waals surface area contributed by atoms with Gasteiger partial charge in [-0.2, -0.15) is 0 Å². The number of carbonyl (C=O) groups excluding carboxylic acids is 2. The minimum Gasteiger partial charge on any atom is -0.466 e. The van der Waals surface area contributed by atoms with E-state index in [1.807, 2.05) is 0 Å². The highest BCUT2D eigenvalue weighted by Crippen LogP contribution is 2.19. The molecular weight excluding hydrogens is 959 g/mol. The van der Waals surface area contributed by atoms with Crippen LogP contribution < -0.4 is 5.32 Å². The average molecular weight is 1100 g/mol. The molecule has 78 heavy (non-hydrogen) atoms. The summed E-state index contributed by atoms with van der Waals surface area (Å²) < 4.78 is 5.48. The van der Waals surface area contributed by atoms with Crippen LogP contribution in [0.4, 0.5) is 0 Å². The molecule has 0 saturated heterocycles. The normalized spacial score (nSPS) is 12.6. The Hall–Kier alpha value is -1.66. The molecule has 6 nitrogen and oxygen atoms in total. The van der Waals surface area contributed by atoms with Crippen molar-refractivity contribution in [1.29, 1.82) is 0 Å². The Morgan fingerprint density at radius 1 is 0.346 bits per heavy atom. The van der Waals surface area contributed by atoms with E-state index in [0.29, 0.717) is 25.9 Å². The van der Waals surface area contributed by atoms with E-state index in [1.54, 1.807) is 0 Å². The second kappa shape index (κ2) is 67.8. The van der Waals surface area contributed by atoms with E-state index in [1.165, 1.54) is 321 Å². The Morgan fingerprint density at radius 3 is 0.923 bits per heavy atom. The topological polar surface area (TPSA) is 95.9 Å². The van der Waals surface area contributed by atoms with Crippen molar-refractivity contribution in [2.45, 2.75) is 411 Å². The Bertz CT molecular complexity index is 1220. The van der Waals surface area contributed by atoms with Gasteiger partial charge in [0.15, 0.2) is 0 Å². The van der Waals surface area contributed by atoms with Gasteiger partial charge < -0.3 is 20.3 Å². The van der Waals surface area contributed by atoms with E-state index < -0.39 is 12.1 Å². The van der Waals surface area contributed by atoms with Gasteiger partial charge in [0.25, 0.3) is 0 Å². The first kappa shape index (κ1) is 76.3. The molecule has 0 rings (SSSR count). The van der Waals surface area contributed by atoms with Crippen LogP contribution in [-0.2, 0) is 14.3 Å². The fraction of sp³-hybridized carbons (Fsp3) is 0.917. The summed E-state index contributed by atoms with van der Waals surface area (Å²) in [6.07, 6.45) is 85.2. The van der Waals surface area contributed by atoms with Gasteiger partial charge in [0.1, 0.15) is 0 Å². The third-order valence-electron chi connectivity index (χ3n) is 16.7. The number of amides is 1. The molecule has 3 N–H and O–H groups in total. The second-order valence-corrected chi connectivity index (χ2v) is 24.6. The van der Waals surface area contributed by atoms with E-state index in [0.717, 1.165) is 44.9 Å². The maximum Gasteiger partial charge on any atom is 0.305 e. The summed E-state index contributed by atoms with van der Waals surface area (Å²) in [4.78, 5) is 24.6. The van der Waals surface area contributed by atoms with Gasteiger partial charge in [-0.15, -0.1) is 0 Å². The zero-order valence-electron chi connectivity index (χ0n) is 52.9. The molecule has 0 aliphatic carbocycles. The molecule has 2 unspecified atom stereocenters. The third-order valence-corrected chi connectivity index (χ3v) is 16.7. The summed E-state index contributed by atoms with van der Waals surface area (Å²) in [7, 11) is 0. The molecule has 0 fully saturated rings. The number of hydrogen-bond donors (Lipinski definition) is 3. The molecular formula is C72H139NO5. The van der Waals surface area contributed by atoms with Crippen LogP contribution in [0.15, 0.2) is 24.3 Å². The predicted molar refractivity (Wildman–Crippen MR) is 343 cm³/mol. The van der Waals surface area contributed by atoms with E-state index in [-0.39, 0.29) is 18.5 Å². The molecule has 0 aromatic carbocycles. The van der Waals surface area contributed by atoms with Crippen molar-refractivity contribution in [3.8, 4) is 0 Å². The fourth-order valence-electron chi connectivity index (χ4n) is 11.3. The lowest BCUT2D eigenvalue weighted by atomic mass is 10.0. The molecule has 1 amide bonds. The molecule has 0 aliphatic rings. The van der Waals surface area contributed by atoms with Crippen molar-refractivity contribution in [2.75, 3.05) is 13.2 Å². The lowest BCUT2D eigenvalue weighted by Gasteiger charge is -2.22. The molecule has 0 heterocycles. The summed E-state index contributed by atoms with van der Waals surface area (Å²) in [6.45, 7) is 4.97. The zero-order chi connectivity index (χ0) is 56.4. The minimum atomic E-state index is -0.663. The summed E-state index contributed by atoms with van der Waals surface area (Å²) in [5.74, 6) is -0.0212. The first-order valence-electron chi connectivity index (χ1n) is 35.6. The van der Waals surface area contributed by atoms with Crippen molar-refractivity contribution in [2.24, 2.45) is 0 Å². The van der Waals surface area contributed by atoms with Gasteiger partial charge >= 0.3 is 5.97 Å². The summed E-state index contributed by atoms with van der Waals surface area (Å²) in [6, 6.07) is -0.540. The summed E-state index contributed by atoms with van der Waals surface area (Å²) in [5, 5.41) is 23.4. The number of rotatable bonds is 67. The highest BCUT2D eigenvalue weighted by molar-refractivity contribution is 5.76. The second-order valence-electron chi connectivity index (χ2n) is 24.6. The van der Waals surface area contributed by atoms with Crippen LogP contribution in [0, 0.1) is 0 Å². The SMILES string of the molecule is CCCCCC/C=C\CCCCCCCC(=O)OCCCCCCCCCCCCCC/C=C\CCCCCCCCCCCCCCCCC(=O)NC(CO)C(O)CCCCCCCCCCCCCCCCCCCC. The van der Waals surface area contributed by atoms with Gasteiger partial charge in [-0.1, -0.05) is 334 Å². The van der Waals surface area contributed by atoms with Gasteiger partial charge in [-0.25, -0.2) is 0 Å². The van der Waals surface area contributed by atoms with Crippen LogP contribution in [0.3, 0.4) is 0 Å². The maximum absolute atomic E-state index is 12.5. The molecule has 0 aromatic heterocycles. The Balaban J connectivity index is 3.36. The number of esters is 1. The highest BCUT2D eigenvalue weighted by atomic mass is 16.5. The molecule has 0 radical (unpaired) electrons. The van der Waals surface area contributed by atoms with Gasteiger partial charge in [0.2, 0.25) is 5.91 Å². The summed E-state index contributed by atoms with van der Waals surface area (Å²) >= 11 is 0. The number of ether oxygens (including phenoxy) is 1. The first-order chi connectivity index (χ1) is 38.5. The number of unbranched alkanes of at least 4 members (excludes halogenated alkanes) is 52. The molecule has 6 heteroatoms. The average Bonchev–Trinajstić information content (AvgIpc) is 3.44. The van der Waals surface area contributed by atoms with Crippen molar-refractivity contribution >= 4 is 11.9 Å². The Labute approximate surface area is 488 Å². The Kier molecular flexibility index (Phi) is 66.4. The van der Waals surface area contributed by atoms with E-state index in [4.69, 9.17) is 4.74 Å². The van der Waals surface area contributed by atoms with Gasteiger partial charge in [-0.3, -0.25) is 9.59 Å². The van der Waals surface area contributed by atoms with Crippen LogP contribution in [0.5, 0.6) is 0 Å². The zero-order valence-corrected chi connectivity index (χ0v) is 52.9. The van der Waals surface area contributed by atoms with Crippen molar-refractivity contribution in [3.05, 3.63) is 24.3 Å². The van der Waals surface area contributed by atoms with E-state index in [2.05, 4.69) is 43.5 Å². The lowest BCUT2D eigenvalue weighted by molar-refractivity contribution is -0.143. The molecule has 0 saturated carbocycles. The van der Waals surface area contributed by atoms with Crippen LogP contribution in [0.25, 0.3) is 0 Å².